The third kappa shape index (κ3) is 2.84. The van der Waals surface area contributed by atoms with Crippen LogP contribution in [0.25, 0.3) is 0 Å². The SMILES string of the molecule is C=CCC(C)(Oc1ccccc1)S(=O)(=O)O. The van der Waals surface area contributed by atoms with E-state index in [4.69, 9.17) is 9.29 Å². The van der Waals surface area contributed by atoms with Crippen molar-refractivity contribution in [3.63, 3.8) is 0 Å². The van der Waals surface area contributed by atoms with E-state index in [9.17, 15) is 8.42 Å². The molecule has 0 heterocycles. The first-order chi connectivity index (χ1) is 7.39. The van der Waals surface area contributed by atoms with Crippen molar-refractivity contribution in [2.24, 2.45) is 0 Å². The van der Waals surface area contributed by atoms with Crippen molar-refractivity contribution in [1.82, 2.24) is 0 Å². The third-order valence-electron chi connectivity index (χ3n) is 2.14. The second kappa shape index (κ2) is 4.67. The smallest absolute Gasteiger partial charge is 0.306 e. The molecule has 0 aliphatic rings. The Morgan fingerprint density at radius 2 is 2.00 bits per heavy atom. The van der Waals surface area contributed by atoms with Crippen molar-refractivity contribution in [1.29, 1.82) is 0 Å². The van der Waals surface area contributed by atoms with Crippen LogP contribution < -0.4 is 4.74 Å². The van der Waals surface area contributed by atoms with Gasteiger partial charge in [0.05, 0.1) is 0 Å². The molecule has 0 spiro atoms. The summed E-state index contributed by atoms with van der Waals surface area (Å²) in [5, 5.41) is 0. The monoisotopic (exact) mass is 242 g/mol. The average Bonchev–Trinajstić information content (AvgIpc) is 2.17. The van der Waals surface area contributed by atoms with Gasteiger partial charge in [-0.3, -0.25) is 4.55 Å². The Morgan fingerprint density at radius 1 is 1.44 bits per heavy atom. The molecule has 88 valence electrons. The van der Waals surface area contributed by atoms with Crippen LogP contribution in [0.3, 0.4) is 0 Å². The fraction of sp³-hybridized carbons (Fsp3) is 0.273. The lowest BCUT2D eigenvalue weighted by Crippen LogP contribution is -2.40. The Labute approximate surface area is 95.3 Å². The van der Waals surface area contributed by atoms with Crippen LogP contribution >= 0.6 is 0 Å². The van der Waals surface area contributed by atoms with E-state index in [1.165, 1.54) is 13.0 Å². The number of hydrogen-bond acceptors (Lipinski definition) is 3. The maximum absolute atomic E-state index is 11.2. The van der Waals surface area contributed by atoms with Crippen molar-refractivity contribution >= 4 is 10.1 Å². The van der Waals surface area contributed by atoms with Crippen molar-refractivity contribution < 1.29 is 17.7 Å². The van der Waals surface area contributed by atoms with Crippen LogP contribution in [0, 0.1) is 0 Å². The molecule has 1 rings (SSSR count). The van der Waals surface area contributed by atoms with Gasteiger partial charge >= 0.3 is 10.1 Å². The van der Waals surface area contributed by atoms with Crippen molar-refractivity contribution in [2.75, 3.05) is 0 Å². The summed E-state index contributed by atoms with van der Waals surface area (Å²) in [6, 6.07) is 8.45. The van der Waals surface area contributed by atoms with Crippen LogP contribution in [0.4, 0.5) is 0 Å². The first-order valence-corrected chi connectivity index (χ1v) is 6.15. The third-order valence-corrected chi connectivity index (χ3v) is 3.48. The van der Waals surface area contributed by atoms with E-state index in [1.54, 1.807) is 30.3 Å². The minimum absolute atomic E-state index is 0.000722. The first-order valence-electron chi connectivity index (χ1n) is 4.71. The van der Waals surface area contributed by atoms with E-state index in [-0.39, 0.29) is 6.42 Å². The number of hydrogen-bond donors (Lipinski definition) is 1. The van der Waals surface area contributed by atoms with Crippen LogP contribution in [0.1, 0.15) is 13.3 Å². The summed E-state index contributed by atoms with van der Waals surface area (Å²) in [7, 11) is -4.32. The highest BCUT2D eigenvalue weighted by Crippen LogP contribution is 2.25. The van der Waals surface area contributed by atoms with Gasteiger partial charge in [-0.15, -0.1) is 6.58 Å². The average molecular weight is 242 g/mol. The zero-order valence-electron chi connectivity index (χ0n) is 8.96. The lowest BCUT2D eigenvalue weighted by Gasteiger charge is -2.26. The Hall–Kier alpha value is -1.33. The molecule has 5 heteroatoms. The van der Waals surface area contributed by atoms with Crippen molar-refractivity contribution in [3.05, 3.63) is 43.0 Å². The maximum atomic E-state index is 11.2. The van der Waals surface area contributed by atoms with Gasteiger partial charge in [0, 0.05) is 6.42 Å². The van der Waals surface area contributed by atoms with Gasteiger partial charge < -0.3 is 4.74 Å². The van der Waals surface area contributed by atoms with E-state index in [1.807, 2.05) is 0 Å². The molecule has 16 heavy (non-hydrogen) atoms. The van der Waals surface area contributed by atoms with Gasteiger partial charge in [0.25, 0.3) is 0 Å². The predicted octanol–water partition coefficient (Wildman–Crippen LogP) is 2.25. The highest BCUT2D eigenvalue weighted by molar-refractivity contribution is 7.87. The van der Waals surface area contributed by atoms with Gasteiger partial charge in [0.1, 0.15) is 5.75 Å². The molecule has 0 aliphatic heterocycles. The molecular weight excluding hydrogens is 228 g/mol. The summed E-state index contributed by atoms with van der Waals surface area (Å²) >= 11 is 0. The standard InChI is InChI=1S/C11H14O4S/c1-3-9-11(2,16(12,13)14)15-10-7-5-4-6-8-10/h3-8H,1,9H2,2H3,(H,12,13,14). The number of benzene rings is 1. The summed E-state index contributed by atoms with van der Waals surface area (Å²) in [5.41, 5.74) is 0. The van der Waals surface area contributed by atoms with E-state index >= 15 is 0 Å². The summed E-state index contributed by atoms with van der Waals surface area (Å²) in [6.45, 7) is 4.75. The molecule has 0 radical (unpaired) electrons. The van der Waals surface area contributed by atoms with Crippen molar-refractivity contribution in [3.8, 4) is 5.75 Å². The summed E-state index contributed by atoms with van der Waals surface area (Å²) < 4.78 is 36.9. The van der Waals surface area contributed by atoms with Crippen LogP contribution in [0.2, 0.25) is 0 Å². The molecule has 1 unspecified atom stereocenters. The molecule has 0 amide bonds. The maximum Gasteiger partial charge on any atom is 0.306 e. The van der Waals surface area contributed by atoms with Gasteiger partial charge in [-0.25, -0.2) is 0 Å². The van der Waals surface area contributed by atoms with Crippen LogP contribution in [-0.2, 0) is 10.1 Å². The summed E-state index contributed by atoms with van der Waals surface area (Å²) in [6.07, 6.45) is 1.39. The highest BCUT2D eigenvalue weighted by atomic mass is 32.2. The number of para-hydroxylation sites is 1. The highest BCUT2D eigenvalue weighted by Gasteiger charge is 2.39. The number of ether oxygens (including phenoxy) is 1. The Bertz CT molecular complexity index is 452. The topological polar surface area (TPSA) is 63.6 Å². The Morgan fingerprint density at radius 3 is 2.44 bits per heavy atom. The van der Waals surface area contributed by atoms with E-state index in [0.717, 1.165) is 0 Å². The van der Waals surface area contributed by atoms with E-state index < -0.39 is 15.1 Å². The molecule has 0 aromatic heterocycles. The lowest BCUT2D eigenvalue weighted by molar-refractivity contribution is 0.162. The normalized spacial score (nSPS) is 15.1. The molecule has 4 nitrogen and oxygen atoms in total. The fourth-order valence-electron chi connectivity index (χ4n) is 1.20. The van der Waals surface area contributed by atoms with E-state index in [0.29, 0.717) is 5.75 Å². The Balaban J connectivity index is 3.02. The second-order valence-electron chi connectivity index (χ2n) is 3.52. The van der Waals surface area contributed by atoms with Gasteiger partial charge in [0.15, 0.2) is 0 Å². The molecule has 1 aromatic rings. The quantitative estimate of drug-likeness (QED) is 0.635. The van der Waals surface area contributed by atoms with Gasteiger partial charge in [-0.05, 0) is 19.1 Å². The minimum Gasteiger partial charge on any atom is -0.469 e. The molecule has 0 bridgehead atoms. The van der Waals surface area contributed by atoms with Gasteiger partial charge in [0.2, 0.25) is 4.93 Å². The summed E-state index contributed by atoms with van der Waals surface area (Å²) in [4.78, 5) is -1.70. The lowest BCUT2D eigenvalue weighted by atomic mass is 10.2. The largest absolute Gasteiger partial charge is 0.469 e. The minimum atomic E-state index is -4.32. The first kappa shape index (κ1) is 12.7. The molecule has 1 aromatic carbocycles. The van der Waals surface area contributed by atoms with Gasteiger partial charge in [-0.1, -0.05) is 24.3 Å². The Kier molecular flexibility index (Phi) is 3.72. The molecule has 0 fully saturated rings. The van der Waals surface area contributed by atoms with Crippen LogP contribution in [-0.4, -0.2) is 17.9 Å². The van der Waals surface area contributed by atoms with Crippen LogP contribution in [0.5, 0.6) is 5.75 Å². The van der Waals surface area contributed by atoms with Gasteiger partial charge in [-0.2, -0.15) is 8.42 Å². The zero-order chi connectivity index (χ0) is 12.2. The second-order valence-corrected chi connectivity index (χ2v) is 5.33. The molecular formula is C11H14O4S. The molecule has 1 atom stereocenters. The molecule has 0 saturated carbocycles. The van der Waals surface area contributed by atoms with E-state index in [2.05, 4.69) is 6.58 Å². The van der Waals surface area contributed by atoms with Crippen LogP contribution in [0.15, 0.2) is 43.0 Å². The molecule has 1 N–H and O–H groups in total. The number of rotatable bonds is 5. The fourth-order valence-corrected chi connectivity index (χ4v) is 1.73. The predicted molar refractivity (Wildman–Crippen MR) is 61.8 cm³/mol. The molecule has 0 saturated heterocycles. The summed E-state index contributed by atoms with van der Waals surface area (Å²) in [5.74, 6) is 0.379. The van der Waals surface area contributed by atoms with Crippen molar-refractivity contribution in [2.45, 2.75) is 18.3 Å². The zero-order valence-corrected chi connectivity index (χ0v) is 9.78. The molecule has 0 aliphatic carbocycles.